The maximum absolute atomic E-state index is 2.30. The van der Waals surface area contributed by atoms with Crippen LogP contribution < -0.4 is 0 Å². The molecule has 1 aliphatic rings. The molecule has 1 rings (SSSR count). The lowest BCUT2D eigenvalue weighted by molar-refractivity contribution is 0.498. The Morgan fingerprint density at radius 3 is 2.29 bits per heavy atom. The second kappa shape index (κ2) is 1.69. The molecule has 0 heteroatoms. The van der Waals surface area contributed by atoms with Gasteiger partial charge in [0.15, 0.2) is 0 Å². The molecule has 0 aromatic heterocycles. The third-order valence-electron chi connectivity index (χ3n) is 1.85. The zero-order chi connectivity index (χ0) is 5.28. The van der Waals surface area contributed by atoms with Crippen LogP contribution in [0.5, 0.6) is 0 Å². The molecule has 1 unspecified atom stereocenters. The summed E-state index contributed by atoms with van der Waals surface area (Å²) >= 11 is 0. The van der Waals surface area contributed by atoms with Crippen molar-refractivity contribution >= 4 is 0 Å². The van der Waals surface area contributed by atoms with Gasteiger partial charge in [0.25, 0.3) is 0 Å². The monoisotopic (exact) mass is 96.1 g/mol. The Morgan fingerprint density at radius 2 is 2.14 bits per heavy atom. The number of hydrogen-bond donors (Lipinski definition) is 0. The Bertz CT molecular complexity index is 82.0. The predicted molar refractivity (Wildman–Crippen MR) is 32.1 cm³/mol. The van der Waals surface area contributed by atoms with Crippen LogP contribution in [0, 0.1) is 11.8 Å². The fourth-order valence-electron chi connectivity index (χ4n) is 0.912. The fourth-order valence-corrected chi connectivity index (χ4v) is 0.912. The van der Waals surface area contributed by atoms with Gasteiger partial charge in [-0.3, -0.25) is 0 Å². The van der Waals surface area contributed by atoms with Crippen molar-refractivity contribution in [3.63, 3.8) is 0 Å². The molecule has 40 valence electrons. The number of allylic oxidation sites excluding steroid dienone is 2. The van der Waals surface area contributed by atoms with E-state index in [-0.39, 0.29) is 0 Å². The number of rotatable bonds is 0. The van der Waals surface area contributed by atoms with Crippen LogP contribution in [0.2, 0.25) is 0 Å². The van der Waals surface area contributed by atoms with Crippen molar-refractivity contribution in [2.45, 2.75) is 20.3 Å². The Balaban J connectivity index is 2.45. The fraction of sp³-hybridized carbons (Fsp3) is 0.714. The maximum atomic E-state index is 2.30. The van der Waals surface area contributed by atoms with E-state index in [1.807, 2.05) is 0 Å². The van der Waals surface area contributed by atoms with Crippen molar-refractivity contribution < 1.29 is 0 Å². The second-order valence-corrected chi connectivity index (χ2v) is 2.50. The second-order valence-electron chi connectivity index (χ2n) is 2.50. The predicted octanol–water partition coefficient (Wildman–Crippen LogP) is 2.22. The molecule has 0 saturated heterocycles. The SMILES string of the molecule is CC1C=CC[C@H]1C. The lowest BCUT2D eigenvalue weighted by atomic mass is 10.0. The normalized spacial score (nSPS) is 39.7. The molecule has 0 bridgehead atoms. The summed E-state index contributed by atoms with van der Waals surface area (Å²) in [7, 11) is 0. The summed E-state index contributed by atoms with van der Waals surface area (Å²) in [5, 5.41) is 0. The molecule has 0 spiro atoms. The first-order chi connectivity index (χ1) is 3.30. The first-order valence-electron chi connectivity index (χ1n) is 2.97. The largest absolute Gasteiger partial charge is 0.0880 e. The highest BCUT2D eigenvalue weighted by atomic mass is 14.2. The molecular formula is C7H12. The van der Waals surface area contributed by atoms with Crippen molar-refractivity contribution in [2.24, 2.45) is 11.8 Å². The van der Waals surface area contributed by atoms with Gasteiger partial charge in [0.1, 0.15) is 0 Å². The van der Waals surface area contributed by atoms with Gasteiger partial charge in [-0.2, -0.15) is 0 Å². The third-order valence-corrected chi connectivity index (χ3v) is 1.85. The van der Waals surface area contributed by atoms with Crippen LogP contribution in [0.1, 0.15) is 20.3 Å². The van der Waals surface area contributed by atoms with Gasteiger partial charge in [-0.25, -0.2) is 0 Å². The van der Waals surface area contributed by atoms with Crippen LogP contribution in [-0.4, -0.2) is 0 Å². The molecule has 0 N–H and O–H groups in total. The maximum Gasteiger partial charge on any atom is -0.0233 e. The van der Waals surface area contributed by atoms with Crippen molar-refractivity contribution in [3.05, 3.63) is 12.2 Å². The molecule has 0 nitrogen and oxygen atoms in total. The van der Waals surface area contributed by atoms with Crippen LogP contribution in [0.25, 0.3) is 0 Å². The highest BCUT2D eigenvalue weighted by Crippen LogP contribution is 2.22. The average Bonchev–Trinajstić information content (AvgIpc) is 1.91. The zero-order valence-electron chi connectivity index (χ0n) is 5.02. The molecule has 1 aliphatic carbocycles. The molecule has 7 heavy (non-hydrogen) atoms. The summed E-state index contributed by atoms with van der Waals surface area (Å²) in [5.74, 6) is 1.74. The van der Waals surface area contributed by atoms with E-state index in [2.05, 4.69) is 26.0 Å². The molecule has 2 atom stereocenters. The van der Waals surface area contributed by atoms with E-state index in [0.717, 1.165) is 11.8 Å². The van der Waals surface area contributed by atoms with Crippen LogP contribution in [0.3, 0.4) is 0 Å². The Morgan fingerprint density at radius 1 is 1.43 bits per heavy atom. The van der Waals surface area contributed by atoms with Crippen LogP contribution in [0.15, 0.2) is 12.2 Å². The van der Waals surface area contributed by atoms with E-state index in [1.165, 1.54) is 6.42 Å². The molecule has 0 saturated carbocycles. The van der Waals surface area contributed by atoms with Crippen molar-refractivity contribution in [1.82, 2.24) is 0 Å². The Kier molecular flexibility index (Phi) is 1.18. The average molecular weight is 96.2 g/mol. The van der Waals surface area contributed by atoms with E-state index in [4.69, 9.17) is 0 Å². The van der Waals surface area contributed by atoms with Gasteiger partial charge in [0, 0.05) is 0 Å². The van der Waals surface area contributed by atoms with E-state index >= 15 is 0 Å². The summed E-state index contributed by atoms with van der Waals surface area (Å²) in [6, 6.07) is 0. The minimum atomic E-state index is 0.833. The van der Waals surface area contributed by atoms with E-state index < -0.39 is 0 Å². The summed E-state index contributed by atoms with van der Waals surface area (Å²) in [6.07, 6.45) is 5.86. The Labute approximate surface area is 45.2 Å². The molecule has 0 radical (unpaired) electrons. The van der Waals surface area contributed by atoms with Crippen LogP contribution in [-0.2, 0) is 0 Å². The first kappa shape index (κ1) is 4.89. The van der Waals surface area contributed by atoms with Gasteiger partial charge in [0.2, 0.25) is 0 Å². The van der Waals surface area contributed by atoms with Gasteiger partial charge in [-0.1, -0.05) is 26.0 Å². The van der Waals surface area contributed by atoms with Gasteiger partial charge in [0.05, 0.1) is 0 Å². The standard InChI is InChI=1S/C7H12/c1-6-4-3-5-7(6)2/h3-4,6-7H,5H2,1-2H3/t6?,7-/m1/s1. The minimum Gasteiger partial charge on any atom is -0.0880 e. The summed E-state index contributed by atoms with van der Waals surface area (Å²) in [4.78, 5) is 0. The quantitative estimate of drug-likeness (QED) is 0.406. The van der Waals surface area contributed by atoms with Crippen molar-refractivity contribution in [3.8, 4) is 0 Å². The van der Waals surface area contributed by atoms with Gasteiger partial charge in [-0.15, -0.1) is 0 Å². The van der Waals surface area contributed by atoms with Gasteiger partial charge >= 0.3 is 0 Å². The zero-order valence-corrected chi connectivity index (χ0v) is 5.02. The third kappa shape index (κ3) is 0.846. The van der Waals surface area contributed by atoms with Gasteiger partial charge in [-0.05, 0) is 18.3 Å². The lowest BCUT2D eigenvalue weighted by Crippen LogP contribution is -1.96. The number of hydrogen-bond acceptors (Lipinski definition) is 0. The van der Waals surface area contributed by atoms with Crippen LogP contribution >= 0.6 is 0 Å². The topological polar surface area (TPSA) is 0 Å². The summed E-state index contributed by atoms with van der Waals surface area (Å²) in [5.41, 5.74) is 0. The van der Waals surface area contributed by atoms with Gasteiger partial charge < -0.3 is 0 Å². The molecule has 0 aliphatic heterocycles. The van der Waals surface area contributed by atoms with Crippen LogP contribution in [0.4, 0.5) is 0 Å². The smallest absolute Gasteiger partial charge is 0.0233 e. The Hall–Kier alpha value is -0.260. The summed E-state index contributed by atoms with van der Waals surface area (Å²) in [6.45, 7) is 4.57. The van der Waals surface area contributed by atoms with E-state index in [9.17, 15) is 0 Å². The minimum absolute atomic E-state index is 0.833. The molecule has 0 aromatic carbocycles. The molecule has 0 heterocycles. The highest BCUT2D eigenvalue weighted by Gasteiger charge is 2.11. The summed E-state index contributed by atoms with van der Waals surface area (Å²) < 4.78 is 0. The van der Waals surface area contributed by atoms with E-state index in [0.29, 0.717) is 0 Å². The molecular weight excluding hydrogens is 84.1 g/mol. The van der Waals surface area contributed by atoms with Crippen molar-refractivity contribution in [1.29, 1.82) is 0 Å². The lowest BCUT2D eigenvalue weighted by Gasteiger charge is -2.04. The molecule has 0 aromatic rings. The molecule has 0 amide bonds. The highest BCUT2D eigenvalue weighted by molar-refractivity contribution is 4.97. The van der Waals surface area contributed by atoms with Crippen molar-refractivity contribution in [2.75, 3.05) is 0 Å². The molecule has 0 fully saturated rings. The first-order valence-corrected chi connectivity index (χ1v) is 2.97. The van der Waals surface area contributed by atoms with E-state index in [1.54, 1.807) is 0 Å².